The number of hydrogen-bond donors (Lipinski definition) is 2. The first-order valence-corrected chi connectivity index (χ1v) is 7.86. The van der Waals surface area contributed by atoms with Crippen LogP contribution < -0.4 is 10.6 Å². The first kappa shape index (κ1) is 17.2. The fraction of sp³-hybridized carbons (Fsp3) is 0.133. The lowest BCUT2D eigenvalue weighted by molar-refractivity contribution is -0.384. The van der Waals surface area contributed by atoms with Crippen LogP contribution in [-0.2, 0) is 0 Å². The number of amides is 1. The van der Waals surface area contributed by atoms with Gasteiger partial charge in [-0.25, -0.2) is 0 Å². The van der Waals surface area contributed by atoms with Crippen LogP contribution >= 0.6 is 27.5 Å². The van der Waals surface area contributed by atoms with Crippen LogP contribution in [0.15, 0.2) is 46.9 Å². The van der Waals surface area contributed by atoms with Gasteiger partial charge in [0.1, 0.15) is 5.69 Å². The van der Waals surface area contributed by atoms with Gasteiger partial charge < -0.3 is 10.6 Å². The second-order valence-corrected chi connectivity index (χ2v) is 5.90. The van der Waals surface area contributed by atoms with E-state index in [0.29, 0.717) is 29.4 Å². The lowest BCUT2D eigenvalue weighted by Crippen LogP contribution is -2.29. The van der Waals surface area contributed by atoms with Crippen LogP contribution in [0.4, 0.5) is 11.4 Å². The number of anilines is 1. The molecule has 0 bridgehead atoms. The fourth-order valence-corrected chi connectivity index (χ4v) is 2.49. The summed E-state index contributed by atoms with van der Waals surface area (Å²) in [6, 6.07) is 11.3. The third-order valence-corrected chi connectivity index (χ3v) is 3.82. The molecule has 0 radical (unpaired) electrons. The summed E-state index contributed by atoms with van der Waals surface area (Å²) in [4.78, 5) is 22.5. The minimum absolute atomic E-state index is 0.00568. The third-order valence-electron chi connectivity index (χ3n) is 3.00. The Labute approximate surface area is 146 Å². The van der Waals surface area contributed by atoms with Crippen molar-refractivity contribution in [3.63, 3.8) is 0 Å². The number of nitrogens with zero attached hydrogens (tertiary/aromatic N) is 1. The van der Waals surface area contributed by atoms with Crippen LogP contribution in [0.2, 0.25) is 5.02 Å². The Morgan fingerprint density at radius 1 is 1.22 bits per heavy atom. The van der Waals surface area contributed by atoms with Crippen molar-refractivity contribution in [2.24, 2.45) is 0 Å². The Kier molecular flexibility index (Phi) is 5.95. The number of nitro benzene ring substituents is 1. The molecule has 0 aliphatic rings. The van der Waals surface area contributed by atoms with Gasteiger partial charge in [0.2, 0.25) is 0 Å². The topological polar surface area (TPSA) is 84.3 Å². The van der Waals surface area contributed by atoms with E-state index in [9.17, 15) is 14.9 Å². The molecule has 2 aromatic rings. The lowest BCUT2D eigenvalue weighted by atomic mass is 10.2. The highest BCUT2D eigenvalue weighted by Crippen LogP contribution is 2.23. The maximum absolute atomic E-state index is 12.1. The summed E-state index contributed by atoms with van der Waals surface area (Å²) >= 11 is 9.27. The van der Waals surface area contributed by atoms with Gasteiger partial charge in [-0.3, -0.25) is 14.9 Å². The molecule has 0 heterocycles. The maximum Gasteiger partial charge on any atom is 0.292 e. The number of para-hydroxylation sites is 2. The van der Waals surface area contributed by atoms with Gasteiger partial charge in [-0.1, -0.05) is 39.7 Å². The van der Waals surface area contributed by atoms with E-state index in [1.807, 2.05) is 0 Å². The predicted octanol–water partition coefficient (Wildman–Crippen LogP) is 3.85. The van der Waals surface area contributed by atoms with Crippen LogP contribution in [0, 0.1) is 10.1 Å². The summed E-state index contributed by atoms with van der Waals surface area (Å²) in [5.41, 5.74) is 0.771. The number of nitro groups is 1. The first-order valence-electron chi connectivity index (χ1n) is 6.69. The summed E-state index contributed by atoms with van der Waals surface area (Å²) in [6.07, 6.45) is 0. The quantitative estimate of drug-likeness (QED) is 0.440. The van der Waals surface area contributed by atoms with Crippen molar-refractivity contribution in [3.05, 3.63) is 67.6 Å². The molecule has 1 amide bonds. The minimum atomic E-state index is -0.456. The van der Waals surface area contributed by atoms with Crippen molar-refractivity contribution in [3.8, 4) is 0 Å². The van der Waals surface area contributed by atoms with Crippen molar-refractivity contribution in [2.75, 3.05) is 18.4 Å². The first-order chi connectivity index (χ1) is 11.0. The zero-order chi connectivity index (χ0) is 16.8. The molecular formula is C15H13BrClN3O3. The number of hydrogen-bond acceptors (Lipinski definition) is 4. The lowest BCUT2D eigenvalue weighted by Gasteiger charge is -2.09. The molecule has 2 rings (SSSR count). The number of rotatable bonds is 6. The van der Waals surface area contributed by atoms with Crippen molar-refractivity contribution < 1.29 is 9.72 Å². The highest BCUT2D eigenvalue weighted by molar-refractivity contribution is 9.10. The largest absolute Gasteiger partial charge is 0.378 e. The molecule has 0 saturated heterocycles. The molecule has 0 aromatic heterocycles. The number of nitrogens with one attached hydrogen (secondary N) is 2. The van der Waals surface area contributed by atoms with Gasteiger partial charge in [0.15, 0.2) is 0 Å². The molecule has 2 N–H and O–H groups in total. The second-order valence-electron chi connectivity index (χ2n) is 4.58. The molecule has 0 saturated carbocycles. The van der Waals surface area contributed by atoms with Crippen LogP contribution in [-0.4, -0.2) is 23.9 Å². The van der Waals surface area contributed by atoms with Crippen LogP contribution in [0.25, 0.3) is 0 Å². The van der Waals surface area contributed by atoms with Crippen LogP contribution in [0.3, 0.4) is 0 Å². The van der Waals surface area contributed by atoms with Gasteiger partial charge in [0.05, 0.1) is 15.5 Å². The molecule has 0 aliphatic heterocycles. The molecule has 0 atom stereocenters. The van der Waals surface area contributed by atoms with Gasteiger partial charge in [-0.2, -0.15) is 0 Å². The number of carbonyl (C=O) groups is 1. The summed E-state index contributed by atoms with van der Waals surface area (Å²) < 4.78 is 0.755. The second kappa shape index (κ2) is 7.94. The van der Waals surface area contributed by atoms with E-state index < -0.39 is 4.92 Å². The van der Waals surface area contributed by atoms with Crippen molar-refractivity contribution in [1.82, 2.24) is 5.32 Å². The zero-order valence-corrected chi connectivity index (χ0v) is 14.2. The Morgan fingerprint density at radius 2 is 1.96 bits per heavy atom. The molecule has 8 heteroatoms. The average Bonchev–Trinajstić information content (AvgIpc) is 2.53. The Hall–Kier alpha value is -2.12. The third kappa shape index (κ3) is 4.67. The smallest absolute Gasteiger partial charge is 0.292 e. The van der Waals surface area contributed by atoms with Crippen LogP contribution in [0.1, 0.15) is 10.4 Å². The molecule has 0 fully saturated rings. The Balaban J connectivity index is 1.90. The molecule has 6 nitrogen and oxygen atoms in total. The summed E-state index contributed by atoms with van der Waals surface area (Å²) in [6.45, 7) is 0.649. The average molecular weight is 399 g/mol. The molecule has 0 unspecified atom stereocenters. The summed E-state index contributed by atoms with van der Waals surface area (Å²) in [5.74, 6) is -0.305. The van der Waals surface area contributed by atoms with Crippen molar-refractivity contribution >= 4 is 44.8 Å². The SMILES string of the molecule is O=C(NCCNc1ccccc1[N+](=O)[O-])c1cc(Br)ccc1Cl. The van der Waals surface area contributed by atoms with Crippen LogP contribution in [0.5, 0.6) is 0 Å². The standard InChI is InChI=1S/C15H13BrClN3O3/c16-10-5-6-12(17)11(9-10)15(21)19-8-7-18-13-3-1-2-4-14(13)20(22)23/h1-6,9,18H,7-8H2,(H,19,21). The van der Waals surface area contributed by atoms with E-state index in [4.69, 9.17) is 11.6 Å². The van der Waals surface area contributed by atoms with E-state index >= 15 is 0 Å². The minimum Gasteiger partial charge on any atom is -0.378 e. The van der Waals surface area contributed by atoms with Gasteiger partial charge >= 0.3 is 0 Å². The molecular weight excluding hydrogens is 386 g/mol. The zero-order valence-electron chi connectivity index (χ0n) is 11.9. The highest BCUT2D eigenvalue weighted by atomic mass is 79.9. The Bertz CT molecular complexity index is 740. The van der Waals surface area contributed by atoms with Crippen molar-refractivity contribution in [1.29, 1.82) is 0 Å². The number of carbonyl (C=O) groups excluding carboxylic acids is 1. The molecule has 23 heavy (non-hydrogen) atoms. The fourth-order valence-electron chi connectivity index (χ4n) is 1.92. The molecule has 0 spiro atoms. The summed E-state index contributed by atoms with van der Waals surface area (Å²) in [5, 5.41) is 16.9. The predicted molar refractivity (Wildman–Crippen MR) is 93.1 cm³/mol. The molecule has 120 valence electrons. The highest BCUT2D eigenvalue weighted by Gasteiger charge is 2.12. The van der Waals surface area contributed by atoms with Gasteiger partial charge in [0.25, 0.3) is 11.6 Å². The van der Waals surface area contributed by atoms with Gasteiger partial charge in [0, 0.05) is 23.6 Å². The molecule has 0 aliphatic carbocycles. The van der Waals surface area contributed by atoms with Crippen molar-refractivity contribution in [2.45, 2.75) is 0 Å². The van der Waals surface area contributed by atoms with Gasteiger partial charge in [-0.05, 0) is 24.3 Å². The molecule has 2 aromatic carbocycles. The van der Waals surface area contributed by atoms with E-state index in [1.165, 1.54) is 6.07 Å². The van der Waals surface area contributed by atoms with E-state index in [2.05, 4.69) is 26.6 Å². The van der Waals surface area contributed by atoms with E-state index in [0.717, 1.165) is 4.47 Å². The summed E-state index contributed by atoms with van der Waals surface area (Å²) in [7, 11) is 0. The van der Waals surface area contributed by atoms with Gasteiger partial charge in [-0.15, -0.1) is 0 Å². The maximum atomic E-state index is 12.1. The Morgan fingerprint density at radius 3 is 2.70 bits per heavy atom. The monoisotopic (exact) mass is 397 g/mol. The van der Waals surface area contributed by atoms with E-state index in [-0.39, 0.29) is 11.6 Å². The normalized spacial score (nSPS) is 10.2. The number of halogens is 2. The van der Waals surface area contributed by atoms with E-state index in [1.54, 1.807) is 36.4 Å². The number of benzene rings is 2.